The summed E-state index contributed by atoms with van der Waals surface area (Å²) in [5.41, 5.74) is 5.26. The van der Waals surface area contributed by atoms with E-state index in [1.165, 1.54) is 0 Å². The number of rotatable bonds is 9. The van der Waals surface area contributed by atoms with E-state index >= 15 is 0 Å². The molecule has 0 aliphatic heterocycles. The van der Waals surface area contributed by atoms with E-state index in [1.807, 2.05) is 66.7 Å². The molecule has 0 aliphatic carbocycles. The van der Waals surface area contributed by atoms with E-state index in [0.717, 1.165) is 16.5 Å². The number of fused-ring (bicyclic) bond motifs is 1. The van der Waals surface area contributed by atoms with Gasteiger partial charge in [0.2, 0.25) is 0 Å². The summed E-state index contributed by atoms with van der Waals surface area (Å²) >= 11 is 5.08. The fourth-order valence-corrected chi connectivity index (χ4v) is 3.46. The smallest absolute Gasteiger partial charge is 0.276 e. The second-order valence-corrected chi connectivity index (χ2v) is 8.20. The Hall–Kier alpha value is -4.63. The molecule has 8 nitrogen and oxygen atoms in total. The normalized spacial score (nSPS) is 10.3. The zero-order valence-electron chi connectivity index (χ0n) is 19.8. The molecule has 4 aromatic rings. The molecule has 0 atom stereocenters. The predicted molar refractivity (Wildman–Crippen MR) is 145 cm³/mol. The van der Waals surface area contributed by atoms with Crippen LogP contribution >= 0.6 is 12.2 Å². The van der Waals surface area contributed by atoms with E-state index in [1.54, 1.807) is 30.3 Å². The number of carbonyl (C=O) groups is 2. The summed E-state index contributed by atoms with van der Waals surface area (Å²) in [4.78, 5) is 24.5. The molecule has 0 saturated heterocycles. The number of nitrogens with one attached hydrogen (secondary N) is 3. The van der Waals surface area contributed by atoms with Crippen molar-refractivity contribution in [2.45, 2.75) is 0 Å². The van der Waals surface area contributed by atoms with Gasteiger partial charge < -0.3 is 14.2 Å². The quantitative estimate of drug-likeness (QED) is 0.176. The molecule has 0 unspecified atom stereocenters. The SMILES string of the molecule is O=C(COc1ccc2ccccc2c1)NNC(=S)NC(=O)c1ccc(OCCOc2ccccc2)cc1. The number of amides is 2. The minimum atomic E-state index is -0.456. The Kier molecular flexibility index (Phi) is 8.87. The average molecular weight is 516 g/mol. The van der Waals surface area contributed by atoms with Crippen molar-refractivity contribution in [3.8, 4) is 17.2 Å². The van der Waals surface area contributed by atoms with Crippen LogP contribution in [0.5, 0.6) is 17.2 Å². The number of thiocarbonyl (C=S) groups is 1. The maximum atomic E-state index is 12.4. The monoisotopic (exact) mass is 515 g/mol. The maximum absolute atomic E-state index is 12.4. The Morgan fingerprint density at radius 3 is 2.00 bits per heavy atom. The maximum Gasteiger partial charge on any atom is 0.276 e. The van der Waals surface area contributed by atoms with Crippen molar-refractivity contribution in [3.05, 3.63) is 103 Å². The Balaban J connectivity index is 1.14. The van der Waals surface area contributed by atoms with Crippen molar-refractivity contribution in [3.63, 3.8) is 0 Å². The van der Waals surface area contributed by atoms with Crippen molar-refractivity contribution >= 4 is 39.9 Å². The molecular formula is C28H25N3O5S. The van der Waals surface area contributed by atoms with Crippen LogP contribution in [-0.4, -0.2) is 36.7 Å². The Bertz CT molecular complexity index is 1360. The molecule has 4 aromatic carbocycles. The number of ether oxygens (including phenoxy) is 3. The van der Waals surface area contributed by atoms with Crippen LogP contribution < -0.4 is 30.4 Å². The molecule has 3 N–H and O–H groups in total. The number of para-hydroxylation sites is 1. The van der Waals surface area contributed by atoms with Gasteiger partial charge >= 0.3 is 0 Å². The molecule has 0 radical (unpaired) electrons. The van der Waals surface area contributed by atoms with Crippen LogP contribution in [0.1, 0.15) is 10.4 Å². The number of carbonyl (C=O) groups excluding carboxylic acids is 2. The predicted octanol–water partition coefficient (Wildman–Crippen LogP) is 4.01. The molecule has 0 saturated carbocycles. The van der Waals surface area contributed by atoms with E-state index in [-0.39, 0.29) is 11.7 Å². The fraction of sp³-hybridized carbons (Fsp3) is 0.107. The van der Waals surface area contributed by atoms with Gasteiger partial charge in [-0.15, -0.1) is 0 Å². The molecule has 0 bridgehead atoms. The van der Waals surface area contributed by atoms with Gasteiger partial charge in [0.25, 0.3) is 11.8 Å². The van der Waals surface area contributed by atoms with E-state index in [9.17, 15) is 9.59 Å². The molecule has 2 amide bonds. The summed E-state index contributed by atoms with van der Waals surface area (Å²) in [7, 11) is 0. The first-order chi connectivity index (χ1) is 18.1. The third kappa shape index (κ3) is 7.94. The lowest BCUT2D eigenvalue weighted by Crippen LogP contribution is -2.49. The van der Waals surface area contributed by atoms with Gasteiger partial charge in [-0.25, -0.2) is 0 Å². The highest BCUT2D eigenvalue weighted by molar-refractivity contribution is 7.80. The average Bonchev–Trinajstić information content (AvgIpc) is 2.94. The van der Waals surface area contributed by atoms with E-state index in [2.05, 4.69) is 16.2 Å². The highest BCUT2D eigenvalue weighted by atomic mass is 32.1. The van der Waals surface area contributed by atoms with Gasteiger partial charge in [-0.1, -0.05) is 48.5 Å². The van der Waals surface area contributed by atoms with Gasteiger partial charge in [-0.05, 0) is 71.5 Å². The Labute approximate surface area is 219 Å². The minimum absolute atomic E-state index is 0.0533. The van der Waals surface area contributed by atoms with E-state index in [0.29, 0.717) is 30.3 Å². The number of hydrazine groups is 1. The third-order valence-corrected chi connectivity index (χ3v) is 5.32. The van der Waals surface area contributed by atoms with Crippen LogP contribution in [0.2, 0.25) is 0 Å². The molecule has 0 spiro atoms. The van der Waals surface area contributed by atoms with Crippen LogP contribution in [0.25, 0.3) is 10.8 Å². The number of benzene rings is 4. The van der Waals surface area contributed by atoms with Crippen LogP contribution in [0.15, 0.2) is 97.1 Å². The molecule has 4 rings (SSSR count). The topological polar surface area (TPSA) is 97.9 Å². The highest BCUT2D eigenvalue weighted by Crippen LogP contribution is 2.20. The summed E-state index contributed by atoms with van der Waals surface area (Å²) < 4.78 is 16.7. The first-order valence-corrected chi connectivity index (χ1v) is 11.9. The largest absolute Gasteiger partial charge is 0.490 e. The number of hydrogen-bond acceptors (Lipinski definition) is 6. The lowest BCUT2D eigenvalue weighted by Gasteiger charge is -2.12. The summed E-state index contributed by atoms with van der Waals surface area (Å²) in [6, 6.07) is 29.5. The zero-order valence-corrected chi connectivity index (χ0v) is 20.6. The van der Waals surface area contributed by atoms with E-state index in [4.69, 9.17) is 26.4 Å². The second-order valence-electron chi connectivity index (χ2n) is 7.79. The van der Waals surface area contributed by atoms with Crippen molar-refractivity contribution < 1.29 is 23.8 Å². The standard InChI is InChI=1S/C28H25N3O5S/c32-26(19-36-25-15-10-20-6-4-5-7-22(20)18-25)30-31-28(37)29-27(33)21-11-13-24(14-12-21)35-17-16-34-23-8-2-1-3-9-23/h1-15,18H,16-17,19H2,(H,30,32)(H2,29,31,33,37). The zero-order chi connectivity index (χ0) is 25.9. The highest BCUT2D eigenvalue weighted by Gasteiger charge is 2.10. The second kappa shape index (κ2) is 12.9. The van der Waals surface area contributed by atoms with Gasteiger partial charge in [0, 0.05) is 5.56 Å². The number of hydrogen-bond donors (Lipinski definition) is 3. The molecule has 0 aromatic heterocycles. The Morgan fingerprint density at radius 1 is 0.649 bits per heavy atom. The van der Waals surface area contributed by atoms with Crippen molar-refractivity contribution in [2.75, 3.05) is 19.8 Å². The van der Waals surface area contributed by atoms with Crippen molar-refractivity contribution in [1.29, 1.82) is 0 Å². The summed E-state index contributed by atoms with van der Waals surface area (Å²) in [5.74, 6) is 1.06. The fourth-order valence-electron chi connectivity index (χ4n) is 3.31. The lowest BCUT2D eigenvalue weighted by molar-refractivity contribution is -0.123. The molecular weight excluding hydrogens is 490 g/mol. The Morgan fingerprint density at radius 2 is 1.27 bits per heavy atom. The molecule has 0 fully saturated rings. The first-order valence-electron chi connectivity index (χ1n) is 11.5. The molecule has 37 heavy (non-hydrogen) atoms. The van der Waals surface area contributed by atoms with Gasteiger partial charge in [0.05, 0.1) is 0 Å². The lowest BCUT2D eigenvalue weighted by atomic mass is 10.1. The molecule has 188 valence electrons. The van der Waals surface area contributed by atoms with Crippen LogP contribution in [0, 0.1) is 0 Å². The first kappa shape index (κ1) is 25.5. The van der Waals surface area contributed by atoms with Crippen LogP contribution in [0.3, 0.4) is 0 Å². The van der Waals surface area contributed by atoms with Gasteiger partial charge in [0.1, 0.15) is 30.5 Å². The summed E-state index contributed by atoms with van der Waals surface area (Å²) in [6.45, 7) is 0.531. The van der Waals surface area contributed by atoms with Gasteiger partial charge in [0.15, 0.2) is 11.7 Å². The van der Waals surface area contributed by atoms with Gasteiger partial charge in [-0.2, -0.15) is 0 Å². The van der Waals surface area contributed by atoms with Gasteiger partial charge in [-0.3, -0.25) is 25.8 Å². The van der Waals surface area contributed by atoms with Crippen molar-refractivity contribution in [1.82, 2.24) is 16.2 Å². The molecule has 0 heterocycles. The molecule has 9 heteroatoms. The summed E-state index contributed by atoms with van der Waals surface area (Å²) in [5, 5.41) is 4.54. The summed E-state index contributed by atoms with van der Waals surface area (Å²) in [6.07, 6.45) is 0. The molecule has 0 aliphatic rings. The van der Waals surface area contributed by atoms with Crippen molar-refractivity contribution in [2.24, 2.45) is 0 Å². The third-order valence-electron chi connectivity index (χ3n) is 5.11. The minimum Gasteiger partial charge on any atom is -0.490 e. The van der Waals surface area contributed by atoms with Crippen LogP contribution in [0.4, 0.5) is 0 Å². The van der Waals surface area contributed by atoms with E-state index < -0.39 is 11.8 Å². The van der Waals surface area contributed by atoms with Crippen LogP contribution in [-0.2, 0) is 4.79 Å².